The molecule has 0 saturated carbocycles. The fourth-order valence-electron chi connectivity index (χ4n) is 1.12. The molecule has 1 atom stereocenters. The Kier molecular flexibility index (Phi) is 3.27. The van der Waals surface area contributed by atoms with Crippen molar-refractivity contribution in [2.24, 2.45) is 5.73 Å². The molecule has 2 rings (SSSR count). The van der Waals surface area contributed by atoms with Gasteiger partial charge in [0, 0.05) is 17.3 Å². The first kappa shape index (κ1) is 10.2. The van der Waals surface area contributed by atoms with Gasteiger partial charge in [-0.05, 0) is 39.6 Å². The molecule has 0 aliphatic heterocycles. The number of thiophene rings is 1. The Morgan fingerprint density at radius 3 is 2.93 bits per heavy atom. The third-order valence-corrected chi connectivity index (χ3v) is 4.23. The number of nitrogens with zero attached hydrogens (tertiary/aromatic N) is 2. The van der Waals surface area contributed by atoms with Crippen molar-refractivity contribution in [2.45, 2.75) is 12.5 Å². The molecular weight excluding hydrogens is 282 g/mol. The zero-order chi connectivity index (χ0) is 9.97. The van der Waals surface area contributed by atoms with Gasteiger partial charge in [0.2, 0.25) is 0 Å². The number of rotatable bonds is 3. The summed E-state index contributed by atoms with van der Waals surface area (Å²) in [5.41, 5.74) is 6.00. The molecule has 0 aliphatic rings. The smallest absolute Gasteiger partial charge is 0.0701 e. The molecule has 1 unspecified atom stereocenters. The third kappa shape index (κ3) is 2.38. The zero-order valence-corrected chi connectivity index (χ0v) is 10.4. The first-order chi connectivity index (χ1) is 6.75. The van der Waals surface area contributed by atoms with Crippen LogP contribution < -0.4 is 5.73 Å². The first-order valence-electron chi connectivity index (χ1n) is 4.03. The van der Waals surface area contributed by atoms with E-state index in [1.54, 1.807) is 17.5 Å². The molecule has 2 heterocycles. The van der Waals surface area contributed by atoms with Gasteiger partial charge in [-0.2, -0.15) is 0 Å². The maximum absolute atomic E-state index is 6.00. The topological polar surface area (TPSA) is 51.8 Å². The van der Waals surface area contributed by atoms with Crippen LogP contribution in [0.2, 0.25) is 0 Å². The minimum absolute atomic E-state index is 0.0144. The number of halogens is 1. The van der Waals surface area contributed by atoms with Crippen LogP contribution in [-0.2, 0) is 6.42 Å². The molecule has 2 aromatic rings. The van der Waals surface area contributed by atoms with Crippen LogP contribution in [-0.4, -0.2) is 9.59 Å². The fourth-order valence-corrected chi connectivity index (χ4v) is 3.16. The van der Waals surface area contributed by atoms with E-state index in [1.807, 2.05) is 6.07 Å². The Morgan fingerprint density at radius 1 is 1.50 bits per heavy atom. The Morgan fingerprint density at radius 2 is 2.36 bits per heavy atom. The minimum atomic E-state index is 0.0144. The predicted octanol–water partition coefficient (Wildman–Crippen LogP) is 2.60. The summed E-state index contributed by atoms with van der Waals surface area (Å²) in [5, 5.41) is 3.77. The lowest BCUT2D eigenvalue weighted by molar-refractivity contribution is 0.743. The monoisotopic (exact) mass is 289 g/mol. The second-order valence-corrected chi connectivity index (χ2v) is 6.20. The van der Waals surface area contributed by atoms with Gasteiger partial charge in [0.15, 0.2) is 0 Å². The van der Waals surface area contributed by atoms with Gasteiger partial charge in [0.1, 0.15) is 0 Å². The van der Waals surface area contributed by atoms with Crippen LogP contribution in [0.15, 0.2) is 22.1 Å². The molecule has 0 amide bonds. The van der Waals surface area contributed by atoms with E-state index >= 15 is 0 Å². The zero-order valence-electron chi connectivity index (χ0n) is 7.18. The quantitative estimate of drug-likeness (QED) is 0.945. The van der Waals surface area contributed by atoms with Crippen molar-refractivity contribution in [3.05, 3.63) is 31.9 Å². The molecule has 74 valence electrons. The maximum atomic E-state index is 6.00. The maximum Gasteiger partial charge on any atom is 0.0701 e. The standard InChI is InChI=1S/C8H8BrN3S2/c9-8-2-1-5(13-8)3-6(10)7-4-11-12-14-7/h1-2,4,6H,3,10H2. The number of nitrogens with two attached hydrogens (primary N) is 1. The van der Waals surface area contributed by atoms with Crippen molar-refractivity contribution in [3.8, 4) is 0 Å². The van der Waals surface area contributed by atoms with E-state index in [1.165, 1.54) is 16.4 Å². The van der Waals surface area contributed by atoms with E-state index in [0.717, 1.165) is 15.1 Å². The van der Waals surface area contributed by atoms with Crippen molar-refractivity contribution < 1.29 is 0 Å². The van der Waals surface area contributed by atoms with Gasteiger partial charge in [-0.15, -0.1) is 16.4 Å². The number of hydrogen-bond acceptors (Lipinski definition) is 5. The summed E-state index contributed by atoms with van der Waals surface area (Å²) in [6.07, 6.45) is 2.58. The second kappa shape index (κ2) is 4.48. The lowest BCUT2D eigenvalue weighted by Crippen LogP contribution is -2.10. The molecule has 0 aromatic carbocycles. The van der Waals surface area contributed by atoms with Gasteiger partial charge in [-0.3, -0.25) is 0 Å². The van der Waals surface area contributed by atoms with Gasteiger partial charge in [-0.1, -0.05) is 4.49 Å². The van der Waals surface area contributed by atoms with Crippen molar-refractivity contribution >= 4 is 38.8 Å². The summed E-state index contributed by atoms with van der Waals surface area (Å²) in [4.78, 5) is 2.31. The van der Waals surface area contributed by atoms with E-state index in [-0.39, 0.29) is 6.04 Å². The highest BCUT2D eigenvalue weighted by Gasteiger charge is 2.10. The van der Waals surface area contributed by atoms with E-state index < -0.39 is 0 Å². The highest BCUT2D eigenvalue weighted by molar-refractivity contribution is 9.11. The van der Waals surface area contributed by atoms with Crippen molar-refractivity contribution in [1.82, 2.24) is 9.59 Å². The molecule has 2 aromatic heterocycles. The van der Waals surface area contributed by atoms with Crippen LogP contribution in [0.25, 0.3) is 0 Å². The molecule has 0 aliphatic carbocycles. The minimum Gasteiger partial charge on any atom is -0.323 e. The van der Waals surface area contributed by atoms with Crippen LogP contribution in [0.4, 0.5) is 0 Å². The van der Waals surface area contributed by atoms with E-state index in [2.05, 4.69) is 31.6 Å². The van der Waals surface area contributed by atoms with E-state index in [0.29, 0.717) is 0 Å². The first-order valence-corrected chi connectivity index (χ1v) is 6.41. The van der Waals surface area contributed by atoms with Gasteiger partial charge in [0.05, 0.1) is 14.9 Å². The largest absolute Gasteiger partial charge is 0.323 e. The van der Waals surface area contributed by atoms with Crippen LogP contribution >= 0.6 is 38.8 Å². The molecule has 0 fully saturated rings. The molecule has 0 saturated heterocycles. The molecule has 0 spiro atoms. The van der Waals surface area contributed by atoms with Crippen LogP contribution in [0.5, 0.6) is 0 Å². The SMILES string of the molecule is NC(Cc1ccc(Br)s1)c1cnns1. The van der Waals surface area contributed by atoms with Gasteiger partial charge in [-0.25, -0.2) is 0 Å². The highest BCUT2D eigenvalue weighted by atomic mass is 79.9. The number of aromatic nitrogens is 2. The lowest BCUT2D eigenvalue weighted by atomic mass is 10.2. The van der Waals surface area contributed by atoms with E-state index in [4.69, 9.17) is 5.73 Å². The molecule has 3 nitrogen and oxygen atoms in total. The Bertz CT molecular complexity index is 398. The highest BCUT2D eigenvalue weighted by Crippen LogP contribution is 2.26. The van der Waals surface area contributed by atoms with Crippen molar-refractivity contribution in [2.75, 3.05) is 0 Å². The van der Waals surface area contributed by atoms with Crippen molar-refractivity contribution in [1.29, 1.82) is 0 Å². The average molecular weight is 290 g/mol. The van der Waals surface area contributed by atoms with Crippen LogP contribution in [0.3, 0.4) is 0 Å². The molecule has 6 heteroatoms. The van der Waals surface area contributed by atoms with Crippen LogP contribution in [0.1, 0.15) is 15.8 Å². The summed E-state index contributed by atoms with van der Waals surface area (Å²) < 4.78 is 4.94. The summed E-state index contributed by atoms with van der Waals surface area (Å²) in [7, 11) is 0. The van der Waals surface area contributed by atoms with E-state index in [9.17, 15) is 0 Å². The fraction of sp³-hybridized carbons (Fsp3) is 0.250. The Balaban J connectivity index is 2.05. The van der Waals surface area contributed by atoms with Gasteiger partial charge < -0.3 is 5.73 Å². The second-order valence-electron chi connectivity index (χ2n) is 2.84. The average Bonchev–Trinajstić information content (AvgIpc) is 2.75. The summed E-state index contributed by atoms with van der Waals surface area (Å²) in [6, 6.07) is 4.14. The summed E-state index contributed by atoms with van der Waals surface area (Å²) in [6.45, 7) is 0. The number of hydrogen-bond donors (Lipinski definition) is 1. The lowest BCUT2D eigenvalue weighted by Gasteiger charge is -2.05. The summed E-state index contributed by atoms with van der Waals surface area (Å²) in [5.74, 6) is 0. The molecule has 0 radical (unpaired) electrons. The third-order valence-electron chi connectivity index (χ3n) is 1.79. The molecule has 0 bridgehead atoms. The molecule has 2 N–H and O–H groups in total. The normalized spacial score (nSPS) is 13.0. The Labute approximate surface area is 98.3 Å². The molecule has 14 heavy (non-hydrogen) atoms. The predicted molar refractivity (Wildman–Crippen MR) is 62.6 cm³/mol. The van der Waals surface area contributed by atoms with Crippen molar-refractivity contribution in [3.63, 3.8) is 0 Å². The molecular formula is C8H8BrN3S2. The van der Waals surface area contributed by atoms with Crippen LogP contribution in [0, 0.1) is 0 Å². The Hall–Kier alpha value is -0.300. The van der Waals surface area contributed by atoms with Gasteiger partial charge >= 0.3 is 0 Å². The van der Waals surface area contributed by atoms with Gasteiger partial charge in [0.25, 0.3) is 0 Å². The summed E-state index contributed by atoms with van der Waals surface area (Å²) >= 11 is 6.50.